The van der Waals surface area contributed by atoms with Crippen LogP contribution in [0.5, 0.6) is 0 Å². The largest absolute Gasteiger partial charge is 0.479 e. The van der Waals surface area contributed by atoms with Gasteiger partial charge in [-0.1, -0.05) is 49.9 Å². The van der Waals surface area contributed by atoms with Crippen LogP contribution in [0.3, 0.4) is 0 Å². The molecular formula is C32H37FN3O6PS2. The van der Waals surface area contributed by atoms with E-state index < -0.39 is 35.1 Å². The third-order valence-electron chi connectivity index (χ3n) is 9.77. The molecule has 0 bridgehead atoms. The maximum absolute atomic E-state index is 15.2. The highest BCUT2D eigenvalue weighted by Gasteiger charge is 2.42. The van der Waals surface area contributed by atoms with Gasteiger partial charge in [-0.05, 0) is 74.6 Å². The standard InChI is InChI=1S/C32H37FN3O6PS2/c1-4-16-19(32(41,5-2)30(38)39)12-23-28-18(14-36(23)29(16)37)27-21(11-10-17-15(3)20(33)13-22(34-28)26(17)27)35-31(40)42-24-8-6-7-9-25(24)44-45-43/h12-13,21,24-25,41H,4-11,14,43H2,1-3H3,(H,35,40)(H,38,39)/t21-,24+,25+,32-/m0/s1. The van der Waals surface area contributed by atoms with E-state index in [1.54, 1.807) is 52.6 Å². The summed E-state index contributed by atoms with van der Waals surface area (Å²) in [5.74, 6) is -1.83. The predicted octanol–water partition coefficient (Wildman–Crippen LogP) is 6.31. The quantitative estimate of drug-likeness (QED) is 0.145. The number of amides is 1. The lowest BCUT2D eigenvalue weighted by atomic mass is 9.81. The van der Waals surface area contributed by atoms with Crippen LogP contribution < -0.4 is 10.9 Å². The molecule has 3 aliphatic rings. The van der Waals surface area contributed by atoms with Crippen LogP contribution in [0.15, 0.2) is 16.9 Å². The molecule has 1 unspecified atom stereocenters. The number of carboxylic acids is 1. The number of hydrogen-bond donors (Lipinski definition) is 3. The van der Waals surface area contributed by atoms with E-state index in [2.05, 4.69) is 13.8 Å². The van der Waals surface area contributed by atoms with Gasteiger partial charge in [0.2, 0.25) is 0 Å². The summed E-state index contributed by atoms with van der Waals surface area (Å²) < 4.78 is 22.7. The first-order valence-corrected chi connectivity index (χ1v) is 19.1. The molecule has 1 fully saturated rings. The minimum Gasteiger partial charge on any atom is -0.479 e. The van der Waals surface area contributed by atoms with E-state index in [1.807, 2.05) is 0 Å². The number of fused-ring (bicyclic) bond motifs is 4. The van der Waals surface area contributed by atoms with Crippen molar-refractivity contribution in [3.63, 3.8) is 0 Å². The summed E-state index contributed by atoms with van der Waals surface area (Å²) in [5.41, 5.74) is 1.63. The fourth-order valence-electron chi connectivity index (χ4n) is 7.35. The number of aromatic nitrogens is 2. The Morgan fingerprint density at radius 3 is 2.67 bits per heavy atom. The fourth-order valence-corrected chi connectivity index (χ4v) is 10.4. The number of aliphatic hydroxyl groups is 1. The van der Waals surface area contributed by atoms with E-state index >= 15 is 4.39 Å². The zero-order valence-corrected chi connectivity index (χ0v) is 28.2. The molecule has 6 rings (SSSR count). The number of aliphatic carboxylic acids is 1. The van der Waals surface area contributed by atoms with E-state index in [-0.39, 0.29) is 41.9 Å². The van der Waals surface area contributed by atoms with Crippen LogP contribution in [-0.4, -0.2) is 43.2 Å². The number of rotatable bonds is 8. The van der Waals surface area contributed by atoms with Crippen molar-refractivity contribution in [3.05, 3.63) is 61.7 Å². The molecule has 5 atom stereocenters. The Kier molecular flexibility index (Phi) is 8.97. The predicted molar refractivity (Wildman–Crippen MR) is 178 cm³/mol. The summed E-state index contributed by atoms with van der Waals surface area (Å²) in [6, 6.07) is 2.46. The summed E-state index contributed by atoms with van der Waals surface area (Å²) in [4.78, 5) is 44.4. The van der Waals surface area contributed by atoms with Crippen molar-refractivity contribution in [2.75, 3.05) is 0 Å². The number of pyridine rings is 2. The summed E-state index contributed by atoms with van der Waals surface area (Å²) in [5, 5.41) is 25.3. The van der Waals surface area contributed by atoms with Gasteiger partial charge in [-0.2, -0.15) is 0 Å². The van der Waals surface area contributed by atoms with Crippen LogP contribution >= 0.6 is 29.6 Å². The van der Waals surface area contributed by atoms with Crippen molar-refractivity contribution < 1.29 is 28.9 Å². The molecule has 1 aliphatic heterocycles. The molecule has 0 radical (unpaired) electrons. The van der Waals surface area contributed by atoms with E-state index in [0.29, 0.717) is 35.3 Å². The molecule has 1 aromatic carbocycles. The molecule has 2 aromatic heterocycles. The molecule has 1 saturated carbocycles. The van der Waals surface area contributed by atoms with Gasteiger partial charge < -0.3 is 24.8 Å². The van der Waals surface area contributed by atoms with Gasteiger partial charge in [-0.25, -0.2) is 19.0 Å². The van der Waals surface area contributed by atoms with Crippen LogP contribution in [0.1, 0.15) is 91.8 Å². The van der Waals surface area contributed by atoms with E-state index in [4.69, 9.17) is 9.72 Å². The Morgan fingerprint density at radius 2 is 1.98 bits per heavy atom. The Morgan fingerprint density at radius 1 is 1.22 bits per heavy atom. The molecule has 45 heavy (non-hydrogen) atoms. The van der Waals surface area contributed by atoms with Gasteiger partial charge in [0.15, 0.2) is 5.60 Å². The van der Waals surface area contributed by atoms with Gasteiger partial charge in [-0.3, -0.25) is 4.79 Å². The number of alkyl carbamates (subject to hydrolysis) is 1. The molecule has 3 aromatic rings. The number of nitrogens with zero attached hydrogens (tertiary/aromatic N) is 2. The first kappa shape index (κ1) is 32.3. The van der Waals surface area contributed by atoms with Gasteiger partial charge in [-0.15, -0.1) is 0 Å². The van der Waals surface area contributed by atoms with Crippen molar-refractivity contribution in [3.8, 4) is 11.4 Å². The zero-order valence-electron chi connectivity index (χ0n) is 25.4. The van der Waals surface area contributed by atoms with Gasteiger partial charge in [0.05, 0.1) is 34.7 Å². The highest BCUT2D eigenvalue weighted by atomic mass is 33.3. The topological polar surface area (TPSA) is 131 Å². The number of carbonyl (C=O) groups is 2. The number of carbonyl (C=O) groups excluding carboxylic acids is 1. The van der Waals surface area contributed by atoms with Crippen molar-refractivity contribution in [2.24, 2.45) is 0 Å². The monoisotopic (exact) mass is 673 g/mol. The van der Waals surface area contributed by atoms with Crippen molar-refractivity contribution in [1.29, 1.82) is 0 Å². The third-order valence-corrected chi connectivity index (χ3v) is 12.7. The highest BCUT2D eigenvalue weighted by molar-refractivity contribution is 8.94. The maximum atomic E-state index is 15.2. The molecular weight excluding hydrogens is 636 g/mol. The Balaban J connectivity index is 1.48. The van der Waals surface area contributed by atoms with Crippen LogP contribution in [-0.2, 0) is 34.5 Å². The van der Waals surface area contributed by atoms with Crippen LogP contribution in [0.25, 0.3) is 22.3 Å². The lowest BCUT2D eigenvalue weighted by Gasteiger charge is -2.32. The molecule has 0 spiro atoms. The molecule has 13 heteroatoms. The normalized spacial score (nSPS) is 21.6. The smallest absolute Gasteiger partial charge is 0.407 e. The van der Waals surface area contributed by atoms with Crippen molar-refractivity contribution in [2.45, 2.75) is 102 Å². The third kappa shape index (κ3) is 5.35. The van der Waals surface area contributed by atoms with Gasteiger partial charge in [0, 0.05) is 28.1 Å². The fraction of sp³-hybridized carbons (Fsp3) is 0.500. The minimum absolute atomic E-state index is 0.0391. The minimum atomic E-state index is -2.26. The first-order chi connectivity index (χ1) is 21.5. The SMILES string of the molecule is CCc1c([C@@](O)(CC)C(=O)O)cc2n(c1=O)Cc1c-2nc2cc(F)c(C)c3c2c1[C@@H](NC(=O)O[C@@H]1CCCC[C@H]1SSP)CC3. The number of benzene rings is 1. The van der Waals surface area contributed by atoms with E-state index in [0.717, 1.165) is 47.8 Å². The summed E-state index contributed by atoms with van der Waals surface area (Å²) in [7, 11) is 5.93. The number of nitrogens with one attached hydrogen (secondary N) is 1. The number of carboxylic acid groups (broad SMARTS) is 1. The molecule has 2 aliphatic carbocycles. The zero-order chi connectivity index (χ0) is 32.2. The van der Waals surface area contributed by atoms with Gasteiger partial charge in [0.1, 0.15) is 11.9 Å². The Labute approximate surface area is 270 Å². The number of hydrogen-bond acceptors (Lipinski definition) is 8. The van der Waals surface area contributed by atoms with E-state index in [1.165, 1.54) is 6.07 Å². The van der Waals surface area contributed by atoms with Gasteiger partial charge in [0.25, 0.3) is 5.56 Å². The second-order valence-corrected chi connectivity index (χ2v) is 16.0. The summed E-state index contributed by atoms with van der Waals surface area (Å²) in [6.07, 6.45) is 4.30. The molecule has 1 amide bonds. The second kappa shape index (κ2) is 12.5. The van der Waals surface area contributed by atoms with E-state index in [9.17, 15) is 24.6 Å². The lowest BCUT2D eigenvalue weighted by Crippen LogP contribution is -2.39. The Hall–Kier alpha value is -2.66. The summed E-state index contributed by atoms with van der Waals surface area (Å²) in [6.45, 7) is 5.20. The summed E-state index contributed by atoms with van der Waals surface area (Å²) >= 11 is 0. The molecule has 0 saturated heterocycles. The van der Waals surface area contributed by atoms with Crippen molar-refractivity contribution in [1.82, 2.24) is 14.9 Å². The first-order valence-electron chi connectivity index (χ1n) is 15.4. The van der Waals surface area contributed by atoms with Crippen LogP contribution in [0.2, 0.25) is 0 Å². The molecule has 3 N–H and O–H groups in total. The average Bonchev–Trinajstić information content (AvgIpc) is 3.39. The Bertz CT molecular complexity index is 1780. The molecule has 9 nitrogen and oxygen atoms in total. The highest BCUT2D eigenvalue weighted by Crippen LogP contribution is 2.46. The number of ether oxygens (including phenoxy) is 1. The average molecular weight is 674 g/mol. The van der Waals surface area contributed by atoms with Crippen molar-refractivity contribution >= 4 is 52.6 Å². The van der Waals surface area contributed by atoms with Gasteiger partial charge >= 0.3 is 12.1 Å². The molecule has 240 valence electrons. The van der Waals surface area contributed by atoms with Crippen LogP contribution in [0.4, 0.5) is 9.18 Å². The second-order valence-electron chi connectivity index (χ2n) is 12.1. The number of aryl methyl sites for hydroxylation is 1. The van der Waals surface area contributed by atoms with Crippen LogP contribution in [0, 0.1) is 12.7 Å². The number of halogens is 1. The maximum Gasteiger partial charge on any atom is 0.407 e. The molecule has 3 heterocycles. The lowest BCUT2D eigenvalue weighted by molar-refractivity contribution is -0.160.